The van der Waals surface area contributed by atoms with Crippen molar-refractivity contribution in [2.45, 2.75) is 18.5 Å². The maximum atomic E-state index is 11.2. The van der Waals surface area contributed by atoms with E-state index in [1.54, 1.807) is 0 Å². The first-order chi connectivity index (χ1) is 4.15. The zero-order valence-corrected chi connectivity index (χ0v) is 8.38. The van der Waals surface area contributed by atoms with Crippen LogP contribution in [0.1, 0.15) is 0 Å². The molecule has 1 atom stereocenters. The molecular formula is C3HF6KO. The van der Waals surface area contributed by atoms with Crippen LogP contribution in [0.3, 0.4) is 0 Å². The molecule has 0 aromatic carbocycles. The van der Waals surface area contributed by atoms with Crippen LogP contribution >= 0.6 is 0 Å². The van der Waals surface area contributed by atoms with Crippen LogP contribution in [0.5, 0.6) is 0 Å². The quantitative estimate of drug-likeness (QED) is 0.354. The summed E-state index contributed by atoms with van der Waals surface area (Å²) < 4.78 is 65.8. The van der Waals surface area contributed by atoms with E-state index < -0.39 is 18.5 Å². The Labute approximate surface area is 100 Å². The van der Waals surface area contributed by atoms with Crippen molar-refractivity contribution < 1.29 is 82.8 Å². The Morgan fingerprint density at radius 1 is 1.00 bits per heavy atom. The monoisotopic (exact) mass is 206 g/mol. The molecule has 1 nitrogen and oxygen atoms in total. The molecule has 8 heteroatoms. The fraction of sp³-hybridized carbons (Fsp3) is 1.00. The van der Waals surface area contributed by atoms with Gasteiger partial charge < -0.3 is 5.11 Å². The molecule has 11 heavy (non-hydrogen) atoms. The van der Waals surface area contributed by atoms with E-state index in [0.29, 0.717) is 0 Å². The molecule has 0 heterocycles. The summed E-state index contributed by atoms with van der Waals surface area (Å²) in [5.74, 6) is 0. The number of halogens is 6. The van der Waals surface area contributed by atoms with Crippen LogP contribution in [0.25, 0.3) is 0 Å². The Morgan fingerprint density at radius 3 is 1.27 bits per heavy atom. The molecule has 0 aliphatic heterocycles. The van der Waals surface area contributed by atoms with Crippen molar-refractivity contribution in [2.75, 3.05) is 0 Å². The minimum Gasteiger partial charge on any atom is -0.796 e. The standard InChI is InChI=1S/C3HF6O.K/c4-1(2(5,6)7)3(8,9)10;/h1H;/q-1;+1. The van der Waals surface area contributed by atoms with Gasteiger partial charge in [-0.25, -0.2) is 13.2 Å². The molecule has 0 aliphatic rings. The van der Waals surface area contributed by atoms with E-state index in [1.807, 2.05) is 0 Å². The predicted octanol–water partition coefficient (Wildman–Crippen LogP) is -2.16. The molecule has 0 saturated carbocycles. The van der Waals surface area contributed by atoms with Crippen LogP contribution in [0, 0.1) is 0 Å². The maximum Gasteiger partial charge on any atom is 1.00 e. The summed E-state index contributed by atoms with van der Waals surface area (Å²) in [7, 11) is 0. The van der Waals surface area contributed by atoms with Gasteiger partial charge in [-0.05, 0) is 0 Å². The Morgan fingerprint density at radius 2 is 1.27 bits per heavy atom. The largest absolute Gasteiger partial charge is 1.00 e. The zero-order valence-electron chi connectivity index (χ0n) is 5.25. The minimum absolute atomic E-state index is 0. The van der Waals surface area contributed by atoms with Gasteiger partial charge in [-0.2, -0.15) is 13.2 Å². The van der Waals surface area contributed by atoms with E-state index in [0.717, 1.165) is 0 Å². The first-order valence-electron chi connectivity index (χ1n) is 1.94. The van der Waals surface area contributed by atoms with Crippen LogP contribution in [-0.4, -0.2) is 18.5 Å². The molecule has 0 fully saturated rings. The maximum absolute atomic E-state index is 11.2. The molecule has 0 spiro atoms. The molecule has 0 saturated heterocycles. The van der Waals surface area contributed by atoms with Crippen molar-refractivity contribution in [3.63, 3.8) is 0 Å². The Balaban J connectivity index is 0. The SMILES string of the molecule is [K+].[O-]C(F)(F)C(F)C(F)(F)F. The summed E-state index contributed by atoms with van der Waals surface area (Å²) in [6.45, 7) is 0. The van der Waals surface area contributed by atoms with Crippen LogP contribution in [0.4, 0.5) is 26.3 Å². The second-order valence-corrected chi connectivity index (χ2v) is 1.47. The average Bonchev–Trinajstić information content (AvgIpc) is 1.59. The van der Waals surface area contributed by atoms with Crippen molar-refractivity contribution in [1.29, 1.82) is 0 Å². The summed E-state index contributed by atoms with van der Waals surface area (Å²) in [6.07, 6.45) is -16.0. The van der Waals surface area contributed by atoms with Gasteiger partial charge in [-0.15, -0.1) is 0 Å². The first-order valence-corrected chi connectivity index (χ1v) is 1.94. The van der Waals surface area contributed by atoms with Crippen molar-refractivity contribution in [3.05, 3.63) is 0 Å². The number of alkyl halides is 6. The summed E-state index contributed by atoms with van der Waals surface area (Å²) in [6, 6.07) is 0. The molecule has 0 aromatic heterocycles. The van der Waals surface area contributed by atoms with E-state index in [4.69, 9.17) is 5.11 Å². The van der Waals surface area contributed by atoms with Gasteiger partial charge in [-0.1, -0.05) is 0 Å². The van der Waals surface area contributed by atoms with E-state index in [2.05, 4.69) is 0 Å². The van der Waals surface area contributed by atoms with Crippen LogP contribution in [-0.2, 0) is 0 Å². The minimum atomic E-state index is -5.79. The summed E-state index contributed by atoms with van der Waals surface area (Å²) in [5, 5.41) is 9.02. The molecule has 0 N–H and O–H groups in total. The van der Waals surface area contributed by atoms with Crippen molar-refractivity contribution in [3.8, 4) is 0 Å². The molecular weight excluding hydrogens is 205 g/mol. The molecule has 0 aromatic rings. The van der Waals surface area contributed by atoms with E-state index in [1.165, 1.54) is 0 Å². The normalized spacial score (nSPS) is 15.5. The first kappa shape index (κ1) is 14.7. The van der Waals surface area contributed by atoms with E-state index in [9.17, 15) is 26.3 Å². The molecule has 1 unspecified atom stereocenters. The van der Waals surface area contributed by atoms with Crippen LogP contribution in [0.15, 0.2) is 0 Å². The number of rotatable bonds is 1. The van der Waals surface area contributed by atoms with Gasteiger partial charge in [0.05, 0.1) is 0 Å². The second-order valence-electron chi connectivity index (χ2n) is 1.47. The fourth-order valence-electron chi connectivity index (χ4n) is 0.191. The molecule has 0 bridgehead atoms. The topological polar surface area (TPSA) is 23.1 Å². The second kappa shape index (κ2) is 4.42. The molecule has 0 amide bonds. The third-order valence-corrected chi connectivity index (χ3v) is 0.582. The van der Waals surface area contributed by atoms with E-state index in [-0.39, 0.29) is 51.4 Å². The number of hydrogen-bond acceptors (Lipinski definition) is 1. The van der Waals surface area contributed by atoms with Crippen molar-refractivity contribution in [2.24, 2.45) is 0 Å². The Bertz CT molecular complexity index is 102. The summed E-state index contributed by atoms with van der Waals surface area (Å²) in [5.41, 5.74) is 0. The van der Waals surface area contributed by atoms with Gasteiger partial charge in [0.2, 0.25) is 12.3 Å². The van der Waals surface area contributed by atoms with Crippen LogP contribution in [0.2, 0.25) is 0 Å². The average molecular weight is 206 g/mol. The summed E-state index contributed by atoms with van der Waals surface area (Å²) >= 11 is 0. The van der Waals surface area contributed by atoms with Gasteiger partial charge in [0.25, 0.3) is 0 Å². The molecule has 0 rings (SSSR count). The fourth-order valence-corrected chi connectivity index (χ4v) is 0.191. The van der Waals surface area contributed by atoms with Gasteiger partial charge in [0.15, 0.2) is 0 Å². The molecule has 62 valence electrons. The van der Waals surface area contributed by atoms with Gasteiger partial charge >= 0.3 is 57.6 Å². The molecule has 0 radical (unpaired) electrons. The van der Waals surface area contributed by atoms with Crippen molar-refractivity contribution >= 4 is 0 Å². The molecule has 0 aliphatic carbocycles. The van der Waals surface area contributed by atoms with Crippen molar-refractivity contribution in [1.82, 2.24) is 0 Å². The van der Waals surface area contributed by atoms with E-state index >= 15 is 0 Å². The predicted molar refractivity (Wildman–Crippen MR) is 15.9 cm³/mol. The van der Waals surface area contributed by atoms with Gasteiger partial charge in [0.1, 0.15) is 0 Å². The number of hydrogen-bond donors (Lipinski definition) is 0. The van der Waals surface area contributed by atoms with Gasteiger partial charge in [0, 0.05) is 0 Å². The Hall–Kier alpha value is 1.18. The third kappa shape index (κ3) is 5.42. The zero-order chi connectivity index (χ0) is 8.58. The third-order valence-electron chi connectivity index (χ3n) is 0.582. The van der Waals surface area contributed by atoms with Gasteiger partial charge in [-0.3, -0.25) is 0 Å². The summed E-state index contributed by atoms with van der Waals surface area (Å²) in [4.78, 5) is 0. The Kier molecular flexibility index (Phi) is 5.91. The van der Waals surface area contributed by atoms with Crippen LogP contribution < -0.4 is 56.5 Å². The smallest absolute Gasteiger partial charge is 0.796 e.